The molecule has 1 unspecified atom stereocenters. The van der Waals surface area contributed by atoms with E-state index in [0.29, 0.717) is 5.92 Å². The number of aliphatic hydroxyl groups excluding tert-OH is 1. The molecule has 0 bridgehead atoms. The quantitative estimate of drug-likeness (QED) is 0.504. The highest BCUT2D eigenvalue weighted by Crippen LogP contribution is 2.39. The van der Waals surface area contributed by atoms with E-state index in [-0.39, 0.29) is 24.5 Å². The molecule has 0 spiro atoms. The minimum Gasteiger partial charge on any atom is -0.493 e. The summed E-state index contributed by atoms with van der Waals surface area (Å²) in [5.74, 6) is 2.58. The van der Waals surface area contributed by atoms with Crippen molar-refractivity contribution in [2.45, 2.75) is 78.2 Å². The van der Waals surface area contributed by atoms with E-state index in [1.54, 1.807) is 0 Å². The Kier molecular flexibility index (Phi) is 8.85. The molecule has 0 saturated carbocycles. The number of anilines is 1. The van der Waals surface area contributed by atoms with Crippen molar-refractivity contribution < 1.29 is 14.6 Å². The molecule has 3 heterocycles. The van der Waals surface area contributed by atoms with Gasteiger partial charge in [0.1, 0.15) is 5.75 Å². The number of nitrogens with zero attached hydrogens (tertiary/aromatic N) is 4. The van der Waals surface area contributed by atoms with Crippen molar-refractivity contribution >= 4 is 17.4 Å². The highest BCUT2D eigenvalue weighted by molar-refractivity contribution is 5.82. The number of piperidine rings is 1. The Labute approximate surface area is 233 Å². The fourth-order valence-electron chi connectivity index (χ4n) is 6.52. The maximum Gasteiger partial charge on any atom is 0.226 e. The molecule has 1 amide bonds. The van der Waals surface area contributed by atoms with Gasteiger partial charge in [0, 0.05) is 37.9 Å². The molecular weight excluding hydrogens is 488 g/mol. The number of aryl methyl sites for hydroxylation is 2. The Balaban J connectivity index is 1.13. The topological polar surface area (TPSA) is 78.8 Å². The summed E-state index contributed by atoms with van der Waals surface area (Å²) in [4.78, 5) is 26.5. The van der Waals surface area contributed by atoms with Crippen molar-refractivity contribution in [2.75, 3.05) is 37.7 Å². The number of carbonyl (C=O) groups is 1. The molecule has 2 saturated heterocycles. The second-order valence-corrected chi connectivity index (χ2v) is 11.7. The molecule has 39 heavy (non-hydrogen) atoms. The van der Waals surface area contributed by atoms with Gasteiger partial charge in [-0.25, -0.2) is 9.97 Å². The lowest BCUT2D eigenvalue weighted by atomic mass is 9.80. The second kappa shape index (κ2) is 12.5. The van der Waals surface area contributed by atoms with Crippen molar-refractivity contribution in [3.63, 3.8) is 0 Å². The lowest BCUT2D eigenvalue weighted by Gasteiger charge is -2.32. The van der Waals surface area contributed by atoms with E-state index >= 15 is 0 Å². The molecule has 7 nitrogen and oxygen atoms in total. The van der Waals surface area contributed by atoms with Crippen LogP contribution in [-0.2, 0) is 11.2 Å². The van der Waals surface area contributed by atoms with Gasteiger partial charge in [0.2, 0.25) is 11.9 Å². The maximum absolute atomic E-state index is 13.2. The first-order valence-electron chi connectivity index (χ1n) is 14.9. The molecule has 5 rings (SSSR count). The zero-order valence-corrected chi connectivity index (χ0v) is 23.9. The SMILES string of the molecule is CCc1cnc(N2CCC(COc3ccc(C4=C(C)CC(C(=O)N5CCC[C@@H]5CO)CC4)c(C)c3)CC2)nc1. The summed E-state index contributed by atoms with van der Waals surface area (Å²) in [6.07, 6.45) is 11.5. The fraction of sp³-hybridized carbons (Fsp3) is 0.594. The number of rotatable bonds is 8. The highest BCUT2D eigenvalue weighted by atomic mass is 16.5. The highest BCUT2D eigenvalue weighted by Gasteiger charge is 2.34. The average Bonchev–Trinajstić information content (AvgIpc) is 3.45. The standard InChI is InChI=1S/C32H44N4O3/c1-4-24-18-33-32(34-19-24)35-14-11-25(12-15-35)21-39-28-8-10-30(23(3)17-28)29-9-7-26(16-22(29)2)31(38)36-13-5-6-27(36)20-37/h8,10,17-19,25-27,37H,4-7,9,11-16,20-21H2,1-3H3/t26?,27-/m1/s1. The first kappa shape index (κ1) is 27.6. The van der Waals surface area contributed by atoms with Crippen molar-refractivity contribution in [3.05, 3.63) is 52.9 Å². The molecule has 2 atom stereocenters. The summed E-state index contributed by atoms with van der Waals surface area (Å²) in [6.45, 7) is 10.00. The molecule has 2 fully saturated rings. The van der Waals surface area contributed by atoms with Crippen molar-refractivity contribution in [1.82, 2.24) is 14.9 Å². The number of hydrogen-bond donors (Lipinski definition) is 1. The van der Waals surface area contributed by atoms with Crippen molar-refractivity contribution in [1.29, 1.82) is 0 Å². The fourth-order valence-corrected chi connectivity index (χ4v) is 6.52. The maximum atomic E-state index is 13.2. The lowest BCUT2D eigenvalue weighted by molar-refractivity contribution is -0.137. The Bertz CT molecular complexity index is 1170. The lowest BCUT2D eigenvalue weighted by Crippen LogP contribution is -2.41. The number of likely N-dealkylation sites (tertiary alicyclic amines) is 1. The van der Waals surface area contributed by atoms with Crippen molar-refractivity contribution in [2.24, 2.45) is 11.8 Å². The van der Waals surface area contributed by atoms with Gasteiger partial charge in [-0.2, -0.15) is 0 Å². The number of carbonyl (C=O) groups excluding carboxylic acids is 1. The van der Waals surface area contributed by atoms with Crippen LogP contribution in [0.5, 0.6) is 5.75 Å². The Hall–Kier alpha value is -2.93. The number of allylic oxidation sites excluding steroid dienone is 2. The molecule has 0 radical (unpaired) electrons. The second-order valence-electron chi connectivity index (χ2n) is 11.7. The average molecular weight is 533 g/mol. The minimum absolute atomic E-state index is 0.0116. The van der Waals surface area contributed by atoms with Gasteiger partial charge in [0.05, 0.1) is 19.3 Å². The molecule has 2 aromatic rings. The van der Waals surface area contributed by atoms with E-state index in [4.69, 9.17) is 4.74 Å². The van der Waals surface area contributed by atoms with Crippen LogP contribution >= 0.6 is 0 Å². The van der Waals surface area contributed by atoms with Gasteiger partial charge >= 0.3 is 0 Å². The molecule has 1 aliphatic carbocycles. The van der Waals surface area contributed by atoms with Crippen LogP contribution in [-0.4, -0.2) is 64.8 Å². The number of aromatic nitrogens is 2. The monoisotopic (exact) mass is 532 g/mol. The third-order valence-electron chi connectivity index (χ3n) is 9.04. The molecule has 3 aliphatic rings. The largest absolute Gasteiger partial charge is 0.493 e. The summed E-state index contributed by atoms with van der Waals surface area (Å²) >= 11 is 0. The van der Waals surface area contributed by atoms with Crippen LogP contribution in [0, 0.1) is 18.8 Å². The zero-order valence-electron chi connectivity index (χ0n) is 23.9. The molecule has 1 N–H and O–H groups in total. The van der Waals surface area contributed by atoms with E-state index in [9.17, 15) is 9.90 Å². The number of aliphatic hydroxyl groups is 1. The van der Waals surface area contributed by atoms with E-state index in [2.05, 4.69) is 53.8 Å². The van der Waals surface area contributed by atoms with Gasteiger partial charge in [-0.1, -0.05) is 18.6 Å². The van der Waals surface area contributed by atoms with Gasteiger partial charge in [-0.05, 0) is 106 Å². The summed E-state index contributed by atoms with van der Waals surface area (Å²) in [5, 5.41) is 9.64. The minimum atomic E-state index is 0.0116. The molecule has 1 aromatic carbocycles. The molecule has 210 valence electrons. The molecule has 7 heteroatoms. The number of hydrogen-bond acceptors (Lipinski definition) is 6. The zero-order chi connectivity index (χ0) is 27.4. The van der Waals surface area contributed by atoms with E-state index in [1.165, 1.54) is 27.8 Å². The van der Waals surface area contributed by atoms with Gasteiger partial charge in [-0.3, -0.25) is 4.79 Å². The number of ether oxygens (including phenoxy) is 1. The van der Waals surface area contributed by atoms with Gasteiger partial charge in [-0.15, -0.1) is 0 Å². The third-order valence-corrected chi connectivity index (χ3v) is 9.04. The van der Waals surface area contributed by atoms with E-state index < -0.39 is 0 Å². The predicted octanol–water partition coefficient (Wildman–Crippen LogP) is 5.20. The van der Waals surface area contributed by atoms with E-state index in [0.717, 1.165) is 89.3 Å². The predicted molar refractivity (Wildman–Crippen MR) is 155 cm³/mol. The normalized spacial score (nSPS) is 22.5. The van der Waals surface area contributed by atoms with Crippen LogP contribution in [0.2, 0.25) is 0 Å². The number of amides is 1. The Morgan fingerprint density at radius 2 is 1.85 bits per heavy atom. The smallest absolute Gasteiger partial charge is 0.226 e. The number of benzene rings is 1. The van der Waals surface area contributed by atoms with Crippen LogP contribution < -0.4 is 9.64 Å². The van der Waals surface area contributed by atoms with Crippen LogP contribution in [0.3, 0.4) is 0 Å². The van der Waals surface area contributed by atoms with Crippen LogP contribution in [0.25, 0.3) is 5.57 Å². The van der Waals surface area contributed by atoms with E-state index in [1.807, 2.05) is 17.3 Å². The van der Waals surface area contributed by atoms with Crippen LogP contribution in [0.4, 0.5) is 5.95 Å². The van der Waals surface area contributed by atoms with Crippen molar-refractivity contribution in [3.8, 4) is 5.75 Å². The Morgan fingerprint density at radius 3 is 2.51 bits per heavy atom. The summed E-state index contributed by atoms with van der Waals surface area (Å²) in [5.41, 5.74) is 6.38. The molecule has 2 aliphatic heterocycles. The summed E-state index contributed by atoms with van der Waals surface area (Å²) in [7, 11) is 0. The van der Waals surface area contributed by atoms with Gasteiger partial charge < -0.3 is 19.6 Å². The first-order valence-corrected chi connectivity index (χ1v) is 14.9. The van der Waals surface area contributed by atoms with Crippen LogP contribution in [0.1, 0.15) is 75.5 Å². The third kappa shape index (κ3) is 6.29. The van der Waals surface area contributed by atoms with Crippen LogP contribution in [0.15, 0.2) is 36.2 Å². The first-order chi connectivity index (χ1) is 19.0. The van der Waals surface area contributed by atoms with Gasteiger partial charge in [0.25, 0.3) is 0 Å². The van der Waals surface area contributed by atoms with Gasteiger partial charge in [0.15, 0.2) is 0 Å². The summed E-state index contributed by atoms with van der Waals surface area (Å²) in [6, 6.07) is 6.49. The summed E-state index contributed by atoms with van der Waals surface area (Å²) < 4.78 is 6.26. The Morgan fingerprint density at radius 1 is 1.08 bits per heavy atom. The molecular formula is C32H44N4O3. The molecule has 1 aromatic heterocycles.